The van der Waals surface area contributed by atoms with Gasteiger partial charge in [0, 0.05) is 22.8 Å². The number of rotatable bonds is 2. The van der Waals surface area contributed by atoms with Crippen molar-refractivity contribution in [1.29, 1.82) is 0 Å². The van der Waals surface area contributed by atoms with Crippen molar-refractivity contribution in [2.75, 3.05) is 19.8 Å². The Kier molecular flexibility index (Phi) is 3.91. The smallest absolute Gasteiger partial charge is 0.292 e. The minimum Gasteiger partial charge on any atom is -0.424 e. The van der Waals surface area contributed by atoms with E-state index < -0.39 is 12.2 Å². The SMILES string of the molecule is CN(C)[C@H]1C[C@@]23CC[C@@]4(O2)C(=CC[C@]2(C)C(c5ccc6oc(N)nc6c5)=CCC24)C2CC23[C@@H](O)[C@@H]1O. The molecule has 7 heteroatoms. The summed E-state index contributed by atoms with van der Waals surface area (Å²) >= 11 is 0. The highest BCUT2D eigenvalue weighted by Gasteiger charge is 2.84. The summed E-state index contributed by atoms with van der Waals surface area (Å²) in [7, 11) is 4.01. The van der Waals surface area contributed by atoms with E-state index in [4.69, 9.17) is 14.9 Å². The van der Waals surface area contributed by atoms with Crippen LogP contribution in [0.3, 0.4) is 0 Å². The lowest BCUT2D eigenvalue weighted by Crippen LogP contribution is -2.67. The number of oxazole rings is 1. The zero-order chi connectivity index (χ0) is 24.8. The second-order valence-electron chi connectivity index (χ2n) is 12.9. The monoisotopic (exact) mass is 489 g/mol. The fourth-order valence-corrected chi connectivity index (χ4v) is 9.74. The number of aliphatic hydroxyl groups excluding tert-OH is 2. The first-order chi connectivity index (χ1) is 17.2. The highest BCUT2D eigenvalue weighted by molar-refractivity contribution is 5.83. The summed E-state index contributed by atoms with van der Waals surface area (Å²) < 4.78 is 12.9. The van der Waals surface area contributed by atoms with Gasteiger partial charge in [-0.3, -0.25) is 0 Å². The minimum absolute atomic E-state index is 0.0410. The maximum atomic E-state index is 11.5. The van der Waals surface area contributed by atoms with E-state index in [1.807, 2.05) is 20.2 Å². The zero-order valence-corrected chi connectivity index (χ0v) is 21.2. The summed E-state index contributed by atoms with van der Waals surface area (Å²) in [5, 5.41) is 22.6. The van der Waals surface area contributed by atoms with Crippen LogP contribution in [0, 0.1) is 22.7 Å². The van der Waals surface area contributed by atoms with Gasteiger partial charge in [-0.1, -0.05) is 25.1 Å². The number of aromatic nitrogens is 1. The molecule has 8 rings (SSSR count). The molecule has 3 heterocycles. The molecule has 4 aliphatic carbocycles. The molecule has 3 spiro atoms. The molecule has 190 valence electrons. The van der Waals surface area contributed by atoms with Crippen molar-refractivity contribution in [3.63, 3.8) is 0 Å². The number of anilines is 1. The van der Waals surface area contributed by atoms with E-state index in [-0.39, 0.29) is 34.1 Å². The number of ether oxygens (including phenoxy) is 1. The molecular weight excluding hydrogens is 454 g/mol. The molecule has 9 atom stereocenters. The maximum absolute atomic E-state index is 11.5. The van der Waals surface area contributed by atoms with Crippen molar-refractivity contribution in [1.82, 2.24) is 9.88 Å². The van der Waals surface area contributed by atoms with Gasteiger partial charge in [-0.05, 0) is 87.4 Å². The third-order valence-corrected chi connectivity index (χ3v) is 11.4. The summed E-state index contributed by atoms with van der Waals surface area (Å²) in [6.45, 7) is 2.41. The van der Waals surface area contributed by atoms with Gasteiger partial charge in [-0.2, -0.15) is 4.98 Å². The zero-order valence-electron chi connectivity index (χ0n) is 21.2. The second-order valence-corrected chi connectivity index (χ2v) is 12.9. The van der Waals surface area contributed by atoms with Gasteiger partial charge in [0.05, 0.1) is 23.4 Å². The van der Waals surface area contributed by atoms with Crippen molar-refractivity contribution in [3.05, 3.63) is 41.5 Å². The van der Waals surface area contributed by atoms with Gasteiger partial charge in [0.25, 0.3) is 6.01 Å². The van der Waals surface area contributed by atoms with Gasteiger partial charge in [0.15, 0.2) is 5.58 Å². The number of hydrogen-bond donors (Lipinski definition) is 3. The molecule has 3 unspecified atom stereocenters. The fraction of sp³-hybridized carbons (Fsp3) is 0.621. The standard InChI is InChI=1S/C29H35N3O4/c1-26-9-8-17-18-13-28(18)24(34)23(33)20(32(2)3)14-27(28)10-11-29(17,36-27)22(26)7-5-16(26)15-4-6-21-19(12-15)31-25(30)35-21/h4-6,8,12,18,20,22-24,33-34H,7,9-11,13-14H2,1-3H3,(H2,30,31)/t18?,20-,22?,23+,24-,26+,27+,28?,29+/m0/s1. The number of aliphatic hydroxyl groups is 2. The Hall–Kier alpha value is -2.19. The molecule has 4 fully saturated rings. The predicted octanol–water partition coefficient (Wildman–Crippen LogP) is 3.51. The fourth-order valence-electron chi connectivity index (χ4n) is 9.74. The van der Waals surface area contributed by atoms with E-state index in [0.717, 1.165) is 44.0 Å². The van der Waals surface area contributed by atoms with Gasteiger partial charge >= 0.3 is 0 Å². The largest absolute Gasteiger partial charge is 0.424 e. The first-order valence-corrected chi connectivity index (χ1v) is 13.5. The van der Waals surface area contributed by atoms with E-state index in [9.17, 15) is 10.2 Å². The van der Waals surface area contributed by atoms with Crippen LogP contribution in [0.4, 0.5) is 6.01 Å². The Morgan fingerprint density at radius 3 is 2.78 bits per heavy atom. The Balaban J connectivity index is 1.21. The topological polar surface area (TPSA) is 105 Å². The molecule has 36 heavy (non-hydrogen) atoms. The van der Waals surface area contributed by atoms with Gasteiger partial charge in [0.2, 0.25) is 0 Å². The van der Waals surface area contributed by atoms with E-state index in [0.29, 0.717) is 17.4 Å². The second kappa shape index (κ2) is 6.44. The van der Waals surface area contributed by atoms with Crippen LogP contribution in [0.1, 0.15) is 51.0 Å². The molecule has 2 aromatic rings. The molecule has 6 aliphatic rings. The maximum Gasteiger partial charge on any atom is 0.292 e. The third-order valence-electron chi connectivity index (χ3n) is 11.4. The average Bonchev–Trinajstić information content (AvgIpc) is 3.13. The first-order valence-electron chi connectivity index (χ1n) is 13.5. The molecule has 0 radical (unpaired) electrons. The molecule has 1 aromatic heterocycles. The van der Waals surface area contributed by atoms with Gasteiger partial charge in [-0.15, -0.1) is 0 Å². The highest BCUT2D eigenvalue weighted by atomic mass is 16.5. The van der Waals surface area contributed by atoms with Crippen LogP contribution < -0.4 is 5.73 Å². The van der Waals surface area contributed by atoms with Gasteiger partial charge in [-0.25, -0.2) is 0 Å². The number of nitrogens with zero attached hydrogens (tertiary/aromatic N) is 2. The van der Waals surface area contributed by atoms with E-state index >= 15 is 0 Å². The normalized spacial score (nSPS) is 48.2. The summed E-state index contributed by atoms with van der Waals surface area (Å²) in [5.41, 5.74) is 10.3. The molecule has 7 nitrogen and oxygen atoms in total. The lowest BCUT2D eigenvalue weighted by molar-refractivity contribution is -0.248. The lowest BCUT2D eigenvalue weighted by Gasteiger charge is -2.59. The Labute approximate surface area is 211 Å². The van der Waals surface area contributed by atoms with Crippen LogP contribution in [0.5, 0.6) is 0 Å². The highest BCUT2D eigenvalue weighted by Crippen LogP contribution is 2.81. The van der Waals surface area contributed by atoms with E-state index in [2.05, 4.69) is 41.1 Å². The minimum atomic E-state index is -0.743. The van der Waals surface area contributed by atoms with Crippen molar-refractivity contribution >= 4 is 22.7 Å². The molecular formula is C29H35N3O4. The van der Waals surface area contributed by atoms with Crippen molar-refractivity contribution in [2.45, 2.75) is 74.9 Å². The Bertz CT molecular complexity index is 1380. The van der Waals surface area contributed by atoms with Gasteiger partial charge < -0.3 is 30.0 Å². The van der Waals surface area contributed by atoms with Crippen LogP contribution in [0.25, 0.3) is 16.7 Å². The van der Waals surface area contributed by atoms with Crippen molar-refractivity contribution in [3.8, 4) is 0 Å². The number of likely N-dealkylation sites (N-methyl/N-ethyl adjacent to an activating group) is 1. The average molecular weight is 490 g/mol. The van der Waals surface area contributed by atoms with Crippen LogP contribution in [-0.2, 0) is 4.74 Å². The number of nitrogens with two attached hydrogens (primary N) is 1. The number of nitrogen functional groups attached to an aromatic ring is 1. The summed E-state index contributed by atoms with van der Waals surface area (Å²) in [6.07, 6.45) is 9.03. The van der Waals surface area contributed by atoms with Crippen LogP contribution >= 0.6 is 0 Å². The first kappa shape index (κ1) is 21.9. The summed E-state index contributed by atoms with van der Waals surface area (Å²) in [5.74, 6) is 0.683. The van der Waals surface area contributed by atoms with Crippen molar-refractivity contribution < 1.29 is 19.4 Å². The molecule has 2 saturated carbocycles. The molecule has 2 saturated heterocycles. The number of benzene rings is 1. The molecule has 1 aromatic carbocycles. The van der Waals surface area contributed by atoms with Crippen LogP contribution in [0.2, 0.25) is 0 Å². The number of fused-ring (bicyclic) bond motifs is 3. The van der Waals surface area contributed by atoms with Crippen molar-refractivity contribution in [2.24, 2.45) is 22.7 Å². The van der Waals surface area contributed by atoms with Crippen LogP contribution in [-0.4, -0.2) is 63.6 Å². The summed E-state index contributed by atoms with van der Waals surface area (Å²) in [4.78, 5) is 6.44. The lowest BCUT2D eigenvalue weighted by atomic mass is 9.57. The number of allylic oxidation sites excluding steroid dienone is 3. The molecule has 2 bridgehead atoms. The summed E-state index contributed by atoms with van der Waals surface area (Å²) in [6, 6.07) is 6.32. The quantitative estimate of drug-likeness (QED) is 0.555. The van der Waals surface area contributed by atoms with E-state index in [1.165, 1.54) is 16.7 Å². The Morgan fingerprint density at radius 2 is 1.97 bits per heavy atom. The van der Waals surface area contributed by atoms with E-state index in [1.54, 1.807) is 0 Å². The number of hydrogen-bond acceptors (Lipinski definition) is 7. The molecule has 2 aliphatic heterocycles. The predicted molar refractivity (Wildman–Crippen MR) is 136 cm³/mol. The Morgan fingerprint density at radius 1 is 1.14 bits per heavy atom. The van der Waals surface area contributed by atoms with Crippen LogP contribution in [0.15, 0.2) is 40.3 Å². The third kappa shape index (κ3) is 2.25. The molecule has 0 amide bonds. The van der Waals surface area contributed by atoms with Gasteiger partial charge in [0.1, 0.15) is 5.52 Å². The molecule has 4 N–H and O–H groups in total.